The van der Waals surface area contributed by atoms with Crippen molar-refractivity contribution in [3.05, 3.63) is 20.8 Å². The Balaban J connectivity index is 1.81. The molecular formula is C15H26BrNS. The molecule has 0 unspecified atom stereocenters. The van der Waals surface area contributed by atoms with Crippen LogP contribution in [0, 0.1) is 0 Å². The lowest BCUT2D eigenvalue weighted by atomic mass is 10.1. The fraction of sp³-hybridized carbons (Fsp3) is 0.733. The van der Waals surface area contributed by atoms with Crippen LogP contribution in [0.3, 0.4) is 0 Å². The van der Waals surface area contributed by atoms with Crippen LogP contribution in [0.5, 0.6) is 0 Å². The fourth-order valence-corrected chi connectivity index (χ4v) is 3.51. The molecule has 0 aromatic carbocycles. The van der Waals surface area contributed by atoms with Gasteiger partial charge in [-0.2, -0.15) is 0 Å². The Morgan fingerprint density at radius 3 is 2.39 bits per heavy atom. The lowest BCUT2D eigenvalue weighted by Gasteiger charge is -2.04. The van der Waals surface area contributed by atoms with Crippen LogP contribution in [-0.4, -0.2) is 13.1 Å². The summed E-state index contributed by atoms with van der Waals surface area (Å²) in [5.74, 6) is 0. The van der Waals surface area contributed by atoms with Gasteiger partial charge in [0.05, 0.1) is 3.79 Å². The van der Waals surface area contributed by atoms with Gasteiger partial charge in [-0.1, -0.05) is 45.4 Å². The number of hydrogen-bond acceptors (Lipinski definition) is 2. The van der Waals surface area contributed by atoms with Gasteiger partial charge in [-0.25, -0.2) is 0 Å². The minimum Gasteiger partial charge on any atom is -0.316 e. The molecule has 3 heteroatoms. The molecule has 0 saturated carbocycles. The Morgan fingerprint density at radius 2 is 1.72 bits per heavy atom. The van der Waals surface area contributed by atoms with Gasteiger partial charge in [0.2, 0.25) is 0 Å². The molecule has 1 rings (SSSR count). The minimum atomic E-state index is 1.11. The van der Waals surface area contributed by atoms with Crippen molar-refractivity contribution in [2.24, 2.45) is 0 Å². The SMILES string of the molecule is CCCCCCCCCNCCc1ccc(Br)s1. The molecule has 0 fully saturated rings. The molecule has 1 heterocycles. The van der Waals surface area contributed by atoms with Gasteiger partial charge < -0.3 is 5.32 Å². The second-order valence-electron chi connectivity index (χ2n) is 4.83. The number of halogens is 1. The summed E-state index contributed by atoms with van der Waals surface area (Å²) in [5.41, 5.74) is 0. The predicted molar refractivity (Wildman–Crippen MR) is 86.6 cm³/mol. The van der Waals surface area contributed by atoms with E-state index in [4.69, 9.17) is 0 Å². The van der Waals surface area contributed by atoms with Gasteiger partial charge in [0.15, 0.2) is 0 Å². The second-order valence-corrected chi connectivity index (χ2v) is 7.37. The first-order chi connectivity index (χ1) is 8.83. The average Bonchev–Trinajstić information content (AvgIpc) is 2.77. The van der Waals surface area contributed by atoms with Gasteiger partial charge in [-0.3, -0.25) is 0 Å². The highest BCUT2D eigenvalue weighted by Crippen LogP contribution is 2.21. The molecule has 0 aliphatic carbocycles. The third-order valence-corrected chi connectivity index (χ3v) is 4.82. The zero-order valence-electron chi connectivity index (χ0n) is 11.5. The standard InChI is InChI=1S/C15H26BrNS/c1-2-3-4-5-6-7-8-12-17-13-11-14-9-10-15(16)18-14/h9-10,17H,2-8,11-13H2,1H3. The van der Waals surface area contributed by atoms with Gasteiger partial charge in [0, 0.05) is 4.88 Å². The van der Waals surface area contributed by atoms with Crippen LogP contribution >= 0.6 is 27.3 Å². The second kappa shape index (κ2) is 11.0. The van der Waals surface area contributed by atoms with Gasteiger partial charge in [-0.15, -0.1) is 11.3 Å². The molecule has 0 spiro atoms. The summed E-state index contributed by atoms with van der Waals surface area (Å²) in [6.45, 7) is 4.57. The van der Waals surface area contributed by atoms with Crippen LogP contribution in [-0.2, 0) is 6.42 Å². The summed E-state index contributed by atoms with van der Waals surface area (Å²) in [7, 11) is 0. The number of nitrogens with one attached hydrogen (secondary N) is 1. The predicted octanol–water partition coefficient (Wildman–Crippen LogP) is 5.39. The molecule has 0 bridgehead atoms. The summed E-state index contributed by atoms with van der Waals surface area (Å²) < 4.78 is 1.24. The Hall–Kier alpha value is 0.140. The number of thiophene rings is 1. The van der Waals surface area contributed by atoms with E-state index in [9.17, 15) is 0 Å². The average molecular weight is 332 g/mol. The molecule has 18 heavy (non-hydrogen) atoms. The van der Waals surface area contributed by atoms with Crippen molar-refractivity contribution in [3.8, 4) is 0 Å². The molecule has 0 aliphatic rings. The number of hydrogen-bond donors (Lipinski definition) is 1. The van der Waals surface area contributed by atoms with E-state index < -0.39 is 0 Å². The minimum absolute atomic E-state index is 1.11. The highest BCUT2D eigenvalue weighted by molar-refractivity contribution is 9.11. The van der Waals surface area contributed by atoms with E-state index in [0.717, 1.165) is 13.0 Å². The molecule has 0 aliphatic heterocycles. The van der Waals surface area contributed by atoms with E-state index in [1.54, 1.807) is 0 Å². The normalized spacial score (nSPS) is 11.0. The van der Waals surface area contributed by atoms with Gasteiger partial charge in [0.25, 0.3) is 0 Å². The first kappa shape index (κ1) is 16.2. The zero-order valence-corrected chi connectivity index (χ0v) is 13.9. The maximum atomic E-state index is 3.54. The van der Waals surface area contributed by atoms with Crippen LogP contribution in [0.15, 0.2) is 15.9 Å². The largest absolute Gasteiger partial charge is 0.316 e. The monoisotopic (exact) mass is 331 g/mol. The fourth-order valence-electron chi connectivity index (χ4n) is 2.03. The van der Waals surface area contributed by atoms with Crippen LogP contribution < -0.4 is 5.32 Å². The molecule has 1 nitrogen and oxygen atoms in total. The van der Waals surface area contributed by atoms with E-state index in [0.29, 0.717) is 0 Å². The molecule has 104 valence electrons. The smallest absolute Gasteiger partial charge is 0.0701 e. The highest BCUT2D eigenvalue weighted by atomic mass is 79.9. The van der Waals surface area contributed by atoms with Crippen molar-refractivity contribution < 1.29 is 0 Å². The first-order valence-corrected chi connectivity index (χ1v) is 8.89. The molecule has 0 atom stereocenters. The number of rotatable bonds is 11. The summed E-state index contributed by atoms with van der Waals surface area (Å²) in [6.07, 6.45) is 10.9. The van der Waals surface area contributed by atoms with E-state index >= 15 is 0 Å². The zero-order chi connectivity index (χ0) is 13.1. The van der Waals surface area contributed by atoms with Gasteiger partial charge in [0.1, 0.15) is 0 Å². The molecule has 0 amide bonds. The highest BCUT2D eigenvalue weighted by Gasteiger charge is 1.97. The maximum absolute atomic E-state index is 3.54. The Kier molecular flexibility index (Phi) is 9.90. The van der Waals surface area contributed by atoms with Crippen LogP contribution in [0.25, 0.3) is 0 Å². The Morgan fingerprint density at radius 1 is 1.00 bits per heavy atom. The van der Waals surface area contributed by atoms with E-state index in [1.807, 2.05) is 11.3 Å². The molecule has 0 saturated heterocycles. The number of unbranched alkanes of at least 4 members (excludes halogenated alkanes) is 6. The van der Waals surface area contributed by atoms with Gasteiger partial charge >= 0.3 is 0 Å². The van der Waals surface area contributed by atoms with E-state index in [2.05, 4.69) is 40.3 Å². The first-order valence-electron chi connectivity index (χ1n) is 7.28. The lowest BCUT2D eigenvalue weighted by Crippen LogP contribution is -2.18. The molecule has 1 aromatic rings. The summed E-state index contributed by atoms with van der Waals surface area (Å²) in [4.78, 5) is 1.47. The van der Waals surface area contributed by atoms with E-state index in [1.165, 1.54) is 60.2 Å². The summed E-state index contributed by atoms with van der Waals surface area (Å²) in [6, 6.07) is 4.35. The molecule has 1 N–H and O–H groups in total. The van der Waals surface area contributed by atoms with Crippen molar-refractivity contribution in [2.75, 3.05) is 13.1 Å². The van der Waals surface area contributed by atoms with Gasteiger partial charge in [-0.05, 0) is 54.0 Å². The third-order valence-electron chi connectivity index (χ3n) is 3.13. The Labute approximate surface area is 125 Å². The van der Waals surface area contributed by atoms with Crippen molar-refractivity contribution in [1.82, 2.24) is 5.32 Å². The topological polar surface area (TPSA) is 12.0 Å². The van der Waals surface area contributed by atoms with Crippen LogP contribution in [0.4, 0.5) is 0 Å². The molecule has 0 radical (unpaired) electrons. The van der Waals surface area contributed by atoms with E-state index in [-0.39, 0.29) is 0 Å². The van der Waals surface area contributed by atoms with Crippen molar-refractivity contribution in [2.45, 2.75) is 58.3 Å². The lowest BCUT2D eigenvalue weighted by molar-refractivity contribution is 0.564. The molecule has 1 aromatic heterocycles. The summed E-state index contributed by atoms with van der Waals surface area (Å²) >= 11 is 5.34. The van der Waals surface area contributed by atoms with Crippen molar-refractivity contribution in [3.63, 3.8) is 0 Å². The molecular weight excluding hydrogens is 306 g/mol. The maximum Gasteiger partial charge on any atom is 0.0701 e. The Bertz CT molecular complexity index is 298. The summed E-state index contributed by atoms with van der Waals surface area (Å²) in [5, 5.41) is 3.54. The van der Waals surface area contributed by atoms with Crippen molar-refractivity contribution in [1.29, 1.82) is 0 Å². The van der Waals surface area contributed by atoms with Crippen LogP contribution in [0.1, 0.15) is 56.7 Å². The van der Waals surface area contributed by atoms with Crippen LogP contribution in [0.2, 0.25) is 0 Å². The quantitative estimate of drug-likeness (QED) is 0.536. The third kappa shape index (κ3) is 8.28. The van der Waals surface area contributed by atoms with Crippen molar-refractivity contribution >= 4 is 27.3 Å².